The van der Waals surface area contributed by atoms with Crippen molar-refractivity contribution in [1.82, 2.24) is 29.5 Å². The predicted octanol–water partition coefficient (Wildman–Crippen LogP) is -0.0266. The molecule has 0 unspecified atom stereocenters. The zero-order valence-corrected chi connectivity index (χ0v) is 11.2. The summed E-state index contributed by atoms with van der Waals surface area (Å²) in [5, 5.41) is 14.1. The van der Waals surface area contributed by atoms with E-state index in [1.165, 1.54) is 12.3 Å². The number of aromatic nitrogens is 5. The van der Waals surface area contributed by atoms with Gasteiger partial charge < -0.3 is 0 Å². The van der Waals surface area contributed by atoms with Gasteiger partial charge in [-0.25, -0.2) is 13.1 Å². The molecule has 0 aliphatic carbocycles. The van der Waals surface area contributed by atoms with Crippen LogP contribution in [0.15, 0.2) is 41.7 Å². The van der Waals surface area contributed by atoms with Crippen LogP contribution in [0.3, 0.4) is 0 Å². The molecular formula is C11H12N6O2S. The fourth-order valence-electron chi connectivity index (χ4n) is 1.83. The quantitative estimate of drug-likeness (QED) is 0.687. The van der Waals surface area contributed by atoms with Crippen LogP contribution in [0.1, 0.15) is 5.82 Å². The van der Waals surface area contributed by atoms with Crippen LogP contribution >= 0.6 is 0 Å². The topological polar surface area (TPSA) is 105 Å². The number of pyridine rings is 1. The molecule has 0 amide bonds. The van der Waals surface area contributed by atoms with Crippen molar-refractivity contribution >= 4 is 15.7 Å². The molecule has 3 aromatic heterocycles. The number of rotatable bonds is 5. The Labute approximate surface area is 114 Å². The Balaban J connectivity index is 1.69. The van der Waals surface area contributed by atoms with Gasteiger partial charge in [-0.15, -0.1) is 10.2 Å². The first-order valence-electron chi connectivity index (χ1n) is 5.94. The molecule has 0 spiro atoms. The van der Waals surface area contributed by atoms with Gasteiger partial charge in [0.1, 0.15) is 5.82 Å². The molecule has 0 fully saturated rings. The summed E-state index contributed by atoms with van der Waals surface area (Å²) in [5.74, 6) is 0.702. The summed E-state index contributed by atoms with van der Waals surface area (Å²) in [4.78, 5) is 0. The second-order valence-electron chi connectivity index (χ2n) is 4.11. The van der Waals surface area contributed by atoms with Gasteiger partial charge in [-0.2, -0.15) is 5.10 Å². The van der Waals surface area contributed by atoms with Crippen molar-refractivity contribution in [2.45, 2.75) is 11.4 Å². The summed E-state index contributed by atoms with van der Waals surface area (Å²) in [7, 11) is -3.55. The van der Waals surface area contributed by atoms with E-state index >= 15 is 0 Å². The van der Waals surface area contributed by atoms with Crippen LogP contribution in [-0.4, -0.2) is 39.8 Å². The van der Waals surface area contributed by atoms with Gasteiger partial charge >= 0.3 is 0 Å². The summed E-state index contributed by atoms with van der Waals surface area (Å²) < 4.78 is 28.0. The molecule has 9 heteroatoms. The van der Waals surface area contributed by atoms with E-state index in [0.29, 0.717) is 12.2 Å². The molecule has 3 aromatic rings. The van der Waals surface area contributed by atoms with Crippen molar-refractivity contribution in [3.05, 3.63) is 42.5 Å². The molecule has 20 heavy (non-hydrogen) atoms. The van der Waals surface area contributed by atoms with Gasteiger partial charge in [0.25, 0.3) is 10.0 Å². The molecule has 8 nitrogen and oxygen atoms in total. The lowest BCUT2D eigenvalue weighted by Gasteiger charge is -2.03. The monoisotopic (exact) mass is 292 g/mol. The van der Waals surface area contributed by atoms with Crippen molar-refractivity contribution in [3.63, 3.8) is 0 Å². The zero-order valence-electron chi connectivity index (χ0n) is 10.4. The van der Waals surface area contributed by atoms with Gasteiger partial charge in [-0.3, -0.25) is 9.50 Å². The van der Waals surface area contributed by atoms with Crippen LogP contribution in [-0.2, 0) is 16.4 Å². The number of aromatic amines is 1. The number of H-pyrrole nitrogens is 1. The smallest absolute Gasteiger partial charge is 0.257 e. The Bertz CT molecular complexity index is 808. The van der Waals surface area contributed by atoms with E-state index in [1.54, 1.807) is 0 Å². The van der Waals surface area contributed by atoms with E-state index < -0.39 is 10.0 Å². The van der Waals surface area contributed by atoms with Crippen molar-refractivity contribution in [2.75, 3.05) is 6.54 Å². The van der Waals surface area contributed by atoms with Crippen LogP contribution in [0.4, 0.5) is 0 Å². The molecule has 3 heterocycles. The Morgan fingerprint density at radius 2 is 2.15 bits per heavy atom. The van der Waals surface area contributed by atoms with Gasteiger partial charge in [0.2, 0.25) is 0 Å². The lowest BCUT2D eigenvalue weighted by Crippen LogP contribution is -2.26. The highest BCUT2D eigenvalue weighted by Gasteiger charge is 2.15. The summed E-state index contributed by atoms with van der Waals surface area (Å²) in [6.07, 6.45) is 3.67. The van der Waals surface area contributed by atoms with Crippen molar-refractivity contribution in [3.8, 4) is 0 Å². The van der Waals surface area contributed by atoms with Crippen molar-refractivity contribution in [1.29, 1.82) is 0 Å². The third-order valence-electron chi connectivity index (χ3n) is 2.79. The number of hydrogen-bond donors (Lipinski definition) is 2. The average Bonchev–Trinajstić information content (AvgIpc) is 3.08. The Morgan fingerprint density at radius 3 is 2.95 bits per heavy atom. The zero-order chi connectivity index (χ0) is 14.0. The van der Waals surface area contributed by atoms with Crippen LogP contribution in [0.2, 0.25) is 0 Å². The third kappa shape index (κ3) is 2.40. The first-order chi connectivity index (χ1) is 9.67. The van der Waals surface area contributed by atoms with Crippen LogP contribution in [0, 0.1) is 0 Å². The van der Waals surface area contributed by atoms with Gasteiger partial charge in [0, 0.05) is 19.2 Å². The normalized spacial score (nSPS) is 12.0. The minimum atomic E-state index is -3.55. The molecule has 0 aromatic carbocycles. The minimum absolute atomic E-state index is 0.0450. The van der Waals surface area contributed by atoms with Crippen molar-refractivity contribution < 1.29 is 8.42 Å². The summed E-state index contributed by atoms with van der Waals surface area (Å²) in [5.41, 5.74) is 0.735. The molecule has 0 radical (unpaired) electrons. The fourth-order valence-corrected chi connectivity index (χ4v) is 2.77. The van der Waals surface area contributed by atoms with E-state index in [2.05, 4.69) is 25.1 Å². The predicted molar refractivity (Wildman–Crippen MR) is 70.5 cm³/mol. The number of fused-ring (bicyclic) bond motifs is 1. The fraction of sp³-hybridized carbons (Fsp3) is 0.182. The highest BCUT2D eigenvalue weighted by atomic mass is 32.2. The standard InChI is InChI=1S/C11H12N6O2S/c18-20(19,11-5-6-12-16-11)13-7-4-10-15-14-9-3-1-2-8-17(9)10/h1-3,5-6,8,13H,4,7H2,(H,12,16). The number of hydrogen-bond acceptors (Lipinski definition) is 5. The highest BCUT2D eigenvalue weighted by molar-refractivity contribution is 7.89. The van der Waals surface area contributed by atoms with Gasteiger partial charge in [-0.1, -0.05) is 6.07 Å². The van der Waals surface area contributed by atoms with Crippen LogP contribution in [0.5, 0.6) is 0 Å². The molecule has 0 bridgehead atoms. The number of nitrogens with zero attached hydrogens (tertiary/aromatic N) is 4. The molecule has 0 atom stereocenters. The molecule has 0 aliphatic heterocycles. The second kappa shape index (κ2) is 5.02. The summed E-state index contributed by atoms with van der Waals surface area (Å²) >= 11 is 0. The number of sulfonamides is 1. The average molecular weight is 292 g/mol. The Morgan fingerprint density at radius 1 is 1.25 bits per heavy atom. The lowest BCUT2D eigenvalue weighted by atomic mass is 10.4. The summed E-state index contributed by atoms with van der Waals surface area (Å²) in [6, 6.07) is 6.98. The molecule has 0 aliphatic rings. The first kappa shape index (κ1) is 12.8. The minimum Gasteiger partial charge on any atom is -0.286 e. The van der Waals surface area contributed by atoms with E-state index in [9.17, 15) is 8.42 Å². The van der Waals surface area contributed by atoms with E-state index in [1.807, 2.05) is 28.8 Å². The van der Waals surface area contributed by atoms with E-state index in [4.69, 9.17) is 0 Å². The van der Waals surface area contributed by atoms with Gasteiger partial charge in [-0.05, 0) is 18.2 Å². The first-order valence-corrected chi connectivity index (χ1v) is 7.43. The number of nitrogens with one attached hydrogen (secondary N) is 2. The van der Waals surface area contributed by atoms with E-state index in [0.717, 1.165) is 5.65 Å². The SMILES string of the molecule is O=S(=O)(NCCc1nnc2ccccn12)c1ccn[nH]1. The highest BCUT2D eigenvalue weighted by Crippen LogP contribution is 2.05. The second-order valence-corrected chi connectivity index (χ2v) is 5.85. The lowest BCUT2D eigenvalue weighted by molar-refractivity contribution is 0.576. The van der Waals surface area contributed by atoms with Crippen molar-refractivity contribution in [2.24, 2.45) is 0 Å². The van der Waals surface area contributed by atoms with Crippen LogP contribution < -0.4 is 4.72 Å². The molecule has 2 N–H and O–H groups in total. The Hall–Kier alpha value is -2.26. The van der Waals surface area contributed by atoms with Gasteiger partial charge in [0.15, 0.2) is 10.7 Å². The molecule has 104 valence electrons. The molecular weight excluding hydrogens is 280 g/mol. The third-order valence-corrected chi connectivity index (χ3v) is 4.18. The van der Waals surface area contributed by atoms with E-state index in [-0.39, 0.29) is 11.6 Å². The Kier molecular flexibility index (Phi) is 3.20. The van der Waals surface area contributed by atoms with Gasteiger partial charge in [0.05, 0.1) is 6.20 Å². The maximum atomic E-state index is 11.9. The summed E-state index contributed by atoms with van der Waals surface area (Å²) in [6.45, 7) is 0.233. The maximum absolute atomic E-state index is 11.9. The maximum Gasteiger partial charge on any atom is 0.257 e. The van der Waals surface area contributed by atoms with Crippen LogP contribution in [0.25, 0.3) is 5.65 Å². The molecule has 3 rings (SSSR count). The largest absolute Gasteiger partial charge is 0.286 e. The molecule has 0 saturated carbocycles. The molecule has 0 saturated heterocycles.